The molecule has 2 aromatic carbocycles. The highest BCUT2D eigenvalue weighted by Gasteiger charge is 2.24. The smallest absolute Gasteiger partial charge is 0.261 e. The standard InChI is InChI=1S/C19H22N2O3S/c1-4-19(22)21-8-7-15-12-16(5-6-18(15)21)20-25(23,24)17-10-13(2)9-14(3)11-17/h5-6,9-12,20H,4,7-8H2,1-3H3. The Morgan fingerprint density at radius 2 is 1.80 bits per heavy atom. The number of hydrogen-bond donors (Lipinski definition) is 1. The van der Waals surface area contributed by atoms with Crippen molar-refractivity contribution in [1.29, 1.82) is 0 Å². The van der Waals surface area contributed by atoms with Crippen LogP contribution in [0, 0.1) is 13.8 Å². The van der Waals surface area contributed by atoms with Gasteiger partial charge in [0.25, 0.3) is 10.0 Å². The Labute approximate surface area is 148 Å². The average Bonchev–Trinajstić information content (AvgIpc) is 2.96. The van der Waals surface area contributed by atoms with Crippen molar-refractivity contribution in [3.63, 3.8) is 0 Å². The van der Waals surface area contributed by atoms with Crippen LogP contribution in [0.4, 0.5) is 11.4 Å². The first-order valence-corrected chi connectivity index (χ1v) is 9.83. The summed E-state index contributed by atoms with van der Waals surface area (Å²) in [4.78, 5) is 14.0. The molecule has 0 unspecified atom stereocenters. The van der Waals surface area contributed by atoms with Crippen LogP contribution in [0.1, 0.15) is 30.0 Å². The van der Waals surface area contributed by atoms with Gasteiger partial charge in [-0.1, -0.05) is 13.0 Å². The Hall–Kier alpha value is -2.34. The fourth-order valence-corrected chi connectivity index (χ4v) is 4.45. The molecule has 0 radical (unpaired) electrons. The summed E-state index contributed by atoms with van der Waals surface area (Å²) in [5, 5.41) is 0. The molecule has 1 heterocycles. The molecular formula is C19H22N2O3S. The minimum absolute atomic E-state index is 0.0855. The van der Waals surface area contributed by atoms with E-state index in [0.717, 1.165) is 28.8 Å². The van der Waals surface area contributed by atoms with Gasteiger partial charge in [-0.15, -0.1) is 0 Å². The zero-order chi connectivity index (χ0) is 18.2. The summed E-state index contributed by atoms with van der Waals surface area (Å²) in [5.74, 6) is 0.0855. The van der Waals surface area contributed by atoms with Gasteiger partial charge in [0.05, 0.1) is 4.90 Å². The molecule has 0 atom stereocenters. The molecule has 3 rings (SSSR count). The van der Waals surface area contributed by atoms with Crippen LogP contribution in [0.2, 0.25) is 0 Å². The average molecular weight is 358 g/mol. The molecule has 1 aliphatic heterocycles. The molecule has 0 fully saturated rings. The highest BCUT2D eigenvalue weighted by molar-refractivity contribution is 7.92. The second kappa shape index (κ2) is 6.52. The number of nitrogens with one attached hydrogen (secondary N) is 1. The van der Waals surface area contributed by atoms with Crippen molar-refractivity contribution in [3.05, 3.63) is 53.1 Å². The fraction of sp³-hybridized carbons (Fsp3) is 0.316. The number of hydrogen-bond acceptors (Lipinski definition) is 3. The van der Waals surface area contributed by atoms with E-state index in [1.807, 2.05) is 39.0 Å². The molecule has 1 aliphatic rings. The SMILES string of the molecule is CCC(=O)N1CCc2cc(NS(=O)(=O)c3cc(C)cc(C)c3)ccc21. The van der Waals surface area contributed by atoms with Gasteiger partial charge in [0.1, 0.15) is 0 Å². The van der Waals surface area contributed by atoms with E-state index in [2.05, 4.69) is 4.72 Å². The van der Waals surface area contributed by atoms with Crippen molar-refractivity contribution >= 4 is 27.3 Å². The van der Waals surface area contributed by atoms with Crippen LogP contribution in [0.3, 0.4) is 0 Å². The summed E-state index contributed by atoms with van der Waals surface area (Å²) in [6, 6.07) is 10.6. The van der Waals surface area contributed by atoms with E-state index < -0.39 is 10.0 Å². The van der Waals surface area contributed by atoms with Crippen molar-refractivity contribution < 1.29 is 13.2 Å². The molecule has 0 bridgehead atoms. The van der Waals surface area contributed by atoms with Gasteiger partial charge in [-0.05, 0) is 67.3 Å². The van der Waals surface area contributed by atoms with E-state index >= 15 is 0 Å². The van der Waals surface area contributed by atoms with Gasteiger partial charge in [0, 0.05) is 24.3 Å². The molecule has 5 nitrogen and oxygen atoms in total. The van der Waals surface area contributed by atoms with Crippen LogP contribution >= 0.6 is 0 Å². The van der Waals surface area contributed by atoms with Gasteiger partial charge in [0.2, 0.25) is 5.91 Å². The molecule has 1 N–H and O–H groups in total. The third-order valence-electron chi connectivity index (χ3n) is 4.34. The van der Waals surface area contributed by atoms with Gasteiger partial charge in [-0.25, -0.2) is 8.42 Å². The quantitative estimate of drug-likeness (QED) is 0.911. The first-order chi connectivity index (χ1) is 11.8. The molecule has 0 saturated heterocycles. The van der Waals surface area contributed by atoms with E-state index in [1.165, 1.54) is 0 Å². The number of carbonyl (C=O) groups is 1. The van der Waals surface area contributed by atoms with E-state index in [1.54, 1.807) is 23.1 Å². The summed E-state index contributed by atoms with van der Waals surface area (Å²) < 4.78 is 27.9. The van der Waals surface area contributed by atoms with Crippen LogP contribution in [0.5, 0.6) is 0 Å². The number of amides is 1. The zero-order valence-corrected chi connectivity index (χ0v) is 15.5. The number of carbonyl (C=O) groups excluding carboxylic acids is 1. The molecule has 2 aromatic rings. The van der Waals surface area contributed by atoms with Crippen LogP contribution in [0.25, 0.3) is 0 Å². The minimum atomic E-state index is -3.64. The summed E-state index contributed by atoms with van der Waals surface area (Å²) in [6.45, 7) is 6.24. The van der Waals surface area contributed by atoms with E-state index in [9.17, 15) is 13.2 Å². The lowest BCUT2D eigenvalue weighted by Gasteiger charge is -2.17. The Morgan fingerprint density at radius 3 is 2.44 bits per heavy atom. The maximum atomic E-state index is 12.6. The second-order valence-electron chi connectivity index (χ2n) is 6.42. The highest BCUT2D eigenvalue weighted by Crippen LogP contribution is 2.31. The lowest BCUT2D eigenvalue weighted by molar-refractivity contribution is -0.118. The molecule has 0 aliphatic carbocycles. The predicted molar refractivity (Wildman–Crippen MR) is 99.5 cm³/mol. The van der Waals surface area contributed by atoms with E-state index in [-0.39, 0.29) is 10.8 Å². The van der Waals surface area contributed by atoms with Gasteiger partial charge >= 0.3 is 0 Å². The van der Waals surface area contributed by atoms with Gasteiger partial charge in [0.15, 0.2) is 0 Å². The lowest BCUT2D eigenvalue weighted by atomic mass is 10.1. The Balaban J connectivity index is 1.88. The maximum Gasteiger partial charge on any atom is 0.261 e. The van der Waals surface area contributed by atoms with Crippen LogP contribution < -0.4 is 9.62 Å². The van der Waals surface area contributed by atoms with Crippen molar-refractivity contribution in [2.45, 2.75) is 38.5 Å². The predicted octanol–water partition coefficient (Wildman–Crippen LogP) is 3.40. The molecule has 6 heteroatoms. The molecule has 0 saturated carbocycles. The summed E-state index contributed by atoms with van der Waals surface area (Å²) in [5.41, 5.74) is 4.19. The number of sulfonamides is 1. The van der Waals surface area contributed by atoms with E-state index in [0.29, 0.717) is 18.7 Å². The number of benzene rings is 2. The first kappa shape index (κ1) is 17.5. The largest absolute Gasteiger partial charge is 0.312 e. The monoisotopic (exact) mass is 358 g/mol. The lowest BCUT2D eigenvalue weighted by Crippen LogP contribution is -2.27. The Bertz CT molecular complexity index is 915. The third kappa shape index (κ3) is 3.54. The molecule has 25 heavy (non-hydrogen) atoms. The maximum absolute atomic E-state index is 12.6. The molecule has 132 valence electrons. The van der Waals surface area contributed by atoms with Gasteiger partial charge < -0.3 is 4.90 Å². The number of aryl methyl sites for hydroxylation is 2. The summed E-state index contributed by atoms with van der Waals surface area (Å²) >= 11 is 0. The minimum Gasteiger partial charge on any atom is -0.312 e. The van der Waals surface area contributed by atoms with E-state index in [4.69, 9.17) is 0 Å². The number of rotatable bonds is 4. The molecule has 0 spiro atoms. The van der Waals surface area contributed by atoms with Crippen LogP contribution in [0.15, 0.2) is 41.3 Å². The number of fused-ring (bicyclic) bond motifs is 1. The molecule has 0 aromatic heterocycles. The molecule has 1 amide bonds. The normalized spacial score (nSPS) is 13.6. The number of anilines is 2. The topological polar surface area (TPSA) is 66.5 Å². The number of nitrogens with zero attached hydrogens (tertiary/aromatic N) is 1. The second-order valence-corrected chi connectivity index (χ2v) is 8.10. The zero-order valence-electron chi connectivity index (χ0n) is 14.7. The van der Waals surface area contributed by atoms with Crippen molar-refractivity contribution in [2.24, 2.45) is 0 Å². The third-order valence-corrected chi connectivity index (χ3v) is 5.70. The highest BCUT2D eigenvalue weighted by atomic mass is 32.2. The Morgan fingerprint density at radius 1 is 1.12 bits per heavy atom. The fourth-order valence-electron chi connectivity index (χ4n) is 3.22. The molecular weight excluding hydrogens is 336 g/mol. The van der Waals surface area contributed by atoms with Crippen molar-refractivity contribution in [1.82, 2.24) is 0 Å². The van der Waals surface area contributed by atoms with Gasteiger partial charge in [-0.2, -0.15) is 0 Å². The van der Waals surface area contributed by atoms with Crippen molar-refractivity contribution in [2.75, 3.05) is 16.2 Å². The first-order valence-electron chi connectivity index (χ1n) is 8.34. The summed E-state index contributed by atoms with van der Waals surface area (Å²) in [7, 11) is -3.64. The van der Waals surface area contributed by atoms with Crippen LogP contribution in [-0.2, 0) is 21.2 Å². The summed E-state index contributed by atoms with van der Waals surface area (Å²) in [6.07, 6.45) is 1.20. The van der Waals surface area contributed by atoms with Crippen LogP contribution in [-0.4, -0.2) is 20.9 Å². The van der Waals surface area contributed by atoms with Crippen molar-refractivity contribution in [3.8, 4) is 0 Å². The van der Waals surface area contributed by atoms with Gasteiger partial charge in [-0.3, -0.25) is 9.52 Å². The Kier molecular flexibility index (Phi) is 4.56.